The monoisotopic (exact) mass is 410 g/mol. The molecule has 0 aliphatic heterocycles. The van der Waals surface area contributed by atoms with Crippen LogP contribution in [0.25, 0.3) is 0 Å². The lowest BCUT2D eigenvalue weighted by Gasteiger charge is -2.13. The number of hydrogen-bond donors (Lipinski definition) is 1. The van der Waals surface area contributed by atoms with E-state index in [0.29, 0.717) is 24.0 Å². The molecule has 9 heteroatoms. The molecule has 150 valence electrons. The number of nitrogens with one attached hydrogen (secondary N) is 1. The normalized spacial score (nSPS) is 11.4. The molecule has 3 aromatic rings. The number of pyridine rings is 1. The Kier molecular flexibility index (Phi) is 5.58. The molecule has 3 nitrogen and oxygen atoms in total. The minimum Gasteiger partial charge on any atom is -0.322 e. The van der Waals surface area contributed by atoms with Crippen LogP contribution >= 0.6 is 0 Å². The van der Waals surface area contributed by atoms with E-state index >= 15 is 0 Å². The quantitative estimate of drug-likeness (QED) is 0.589. The van der Waals surface area contributed by atoms with Gasteiger partial charge in [0.15, 0.2) is 11.6 Å². The Hall–Kier alpha value is -3.36. The van der Waals surface area contributed by atoms with E-state index in [9.17, 15) is 31.1 Å². The van der Waals surface area contributed by atoms with E-state index in [1.165, 1.54) is 24.3 Å². The summed E-state index contributed by atoms with van der Waals surface area (Å²) in [6.45, 7) is 0. The Labute approximate surface area is 161 Å². The summed E-state index contributed by atoms with van der Waals surface area (Å²) in [6, 6.07) is 7.78. The van der Waals surface area contributed by atoms with Gasteiger partial charge in [0.05, 0.1) is 18.0 Å². The van der Waals surface area contributed by atoms with Crippen LogP contribution in [0.2, 0.25) is 0 Å². The maximum Gasteiger partial charge on any atom is 0.416 e. The summed E-state index contributed by atoms with van der Waals surface area (Å²) in [7, 11) is 0. The molecular formula is C20H12F6N2O. The number of halogens is 6. The van der Waals surface area contributed by atoms with Crippen molar-refractivity contribution in [3.8, 4) is 0 Å². The van der Waals surface area contributed by atoms with Crippen LogP contribution < -0.4 is 5.32 Å². The van der Waals surface area contributed by atoms with Gasteiger partial charge in [-0.2, -0.15) is 13.2 Å². The standard InChI is InChI=1S/C20H12F6N2O/c21-13-3-6-15(20(24,25)26)12(8-13)7-11-1-4-14(5-2-11)28-19(29)18-16(22)9-27-10-17(18)23/h1-6,8-10H,7H2,(H,28,29). The highest BCUT2D eigenvalue weighted by Gasteiger charge is 2.33. The van der Waals surface area contributed by atoms with Crippen molar-refractivity contribution in [3.05, 3.63) is 94.6 Å². The molecule has 0 saturated carbocycles. The van der Waals surface area contributed by atoms with Gasteiger partial charge in [0, 0.05) is 5.69 Å². The first kappa shape index (κ1) is 20.4. The molecule has 1 heterocycles. The topological polar surface area (TPSA) is 42.0 Å². The van der Waals surface area contributed by atoms with Crippen molar-refractivity contribution in [3.63, 3.8) is 0 Å². The van der Waals surface area contributed by atoms with Crippen LogP contribution in [0, 0.1) is 17.5 Å². The zero-order valence-electron chi connectivity index (χ0n) is 14.5. The molecule has 0 radical (unpaired) electrons. The van der Waals surface area contributed by atoms with Gasteiger partial charge < -0.3 is 5.32 Å². The van der Waals surface area contributed by atoms with E-state index < -0.39 is 40.7 Å². The molecule has 1 N–H and O–H groups in total. The van der Waals surface area contributed by atoms with Gasteiger partial charge in [-0.3, -0.25) is 9.78 Å². The number of anilines is 1. The fraction of sp³-hybridized carbons (Fsp3) is 0.100. The van der Waals surface area contributed by atoms with Gasteiger partial charge in [-0.1, -0.05) is 12.1 Å². The van der Waals surface area contributed by atoms with Crippen LogP contribution in [0.5, 0.6) is 0 Å². The molecule has 0 fully saturated rings. The smallest absolute Gasteiger partial charge is 0.322 e. The van der Waals surface area contributed by atoms with Gasteiger partial charge in [0.1, 0.15) is 11.4 Å². The minimum absolute atomic E-state index is 0.171. The van der Waals surface area contributed by atoms with Gasteiger partial charge in [0.25, 0.3) is 5.91 Å². The van der Waals surface area contributed by atoms with E-state index in [1.54, 1.807) is 0 Å². The number of carbonyl (C=O) groups excluding carboxylic acids is 1. The highest BCUT2D eigenvalue weighted by atomic mass is 19.4. The molecule has 2 aromatic carbocycles. The van der Waals surface area contributed by atoms with Gasteiger partial charge in [0.2, 0.25) is 0 Å². The first-order chi connectivity index (χ1) is 13.6. The number of carbonyl (C=O) groups is 1. The number of alkyl halides is 3. The largest absolute Gasteiger partial charge is 0.416 e. The highest BCUT2D eigenvalue weighted by molar-refractivity contribution is 6.04. The molecule has 29 heavy (non-hydrogen) atoms. The molecule has 3 rings (SSSR count). The van der Waals surface area contributed by atoms with E-state index in [4.69, 9.17) is 0 Å². The molecule has 0 bridgehead atoms. The number of benzene rings is 2. The predicted molar refractivity (Wildman–Crippen MR) is 92.8 cm³/mol. The van der Waals surface area contributed by atoms with E-state index in [-0.39, 0.29) is 17.7 Å². The van der Waals surface area contributed by atoms with Crippen LogP contribution in [-0.4, -0.2) is 10.9 Å². The second kappa shape index (κ2) is 7.94. The average Bonchev–Trinajstić information content (AvgIpc) is 2.62. The van der Waals surface area contributed by atoms with Crippen molar-refractivity contribution in [2.24, 2.45) is 0 Å². The summed E-state index contributed by atoms with van der Waals surface area (Å²) in [5, 5.41) is 2.29. The SMILES string of the molecule is O=C(Nc1ccc(Cc2cc(F)ccc2C(F)(F)F)cc1)c1c(F)cncc1F. The van der Waals surface area contributed by atoms with Crippen LogP contribution in [0.3, 0.4) is 0 Å². The fourth-order valence-corrected chi connectivity index (χ4v) is 2.73. The molecule has 0 spiro atoms. The molecule has 1 amide bonds. The summed E-state index contributed by atoms with van der Waals surface area (Å²) >= 11 is 0. The molecular weight excluding hydrogens is 398 g/mol. The molecule has 0 atom stereocenters. The molecule has 0 aliphatic rings. The maximum absolute atomic E-state index is 13.6. The summed E-state index contributed by atoms with van der Waals surface area (Å²) in [4.78, 5) is 15.3. The Morgan fingerprint density at radius 3 is 2.14 bits per heavy atom. The zero-order valence-corrected chi connectivity index (χ0v) is 14.5. The average molecular weight is 410 g/mol. The summed E-state index contributed by atoms with van der Waals surface area (Å²) in [6.07, 6.45) is -3.44. The minimum atomic E-state index is -4.63. The maximum atomic E-state index is 13.6. The third kappa shape index (κ3) is 4.74. The van der Waals surface area contributed by atoms with Gasteiger partial charge in [-0.15, -0.1) is 0 Å². The Balaban J connectivity index is 1.78. The second-order valence-corrected chi connectivity index (χ2v) is 6.11. The Bertz CT molecular complexity index is 1030. The summed E-state index contributed by atoms with van der Waals surface area (Å²) in [5.41, 5.74) is -1.40. The van der Waals surface area contributed by atoms with E-state index in [0.717, 1.165) is 12.1 Å². The Morgan fingerprint density at radius 2 is 1.55 bits per heavy atom. The van der Waals surface area contributed by atoms with Crippen LogP contribution in [0.15, 0.2) is 54.9 Å². The molecule has 0 unspecified atom stereocenters. The van der Waals surface area contributed by atoms with Crippen molar-refractivity contribution in [1.82, 2.24) is 4.98 Å². The molecule has 0 saturated heterocycles. The van der Waals surface area contributed by atoms with Crippen LogP contribution in [-0.2, 0) is 12.6 Å². The van der Waals surface area contributed by atoms with Crippen molar-refractivity contribution in [1.29, 1.82) is 0 Å². The first-order valence-corrected chi connectivity index (χ1v) is 8.20. The number of aromatic nitrogens is 1. The second-order valence-electron chi connectivity index (χ2n) is 6.11. The zero-order chi connectivity index (χ0) is 21.2. The van der Waals surface area contributed by atoms with E-state index in [2.05, 4.69) is 10.3 Å². The third-order valence-electron chi connectivity index (χ3n) is 4.06. The van der Waals surface area contributed by atoms with E-state index in [1.807, 2.05) is 0 Å². The van der Waals surface area contributed by atoms with Crippen molar-refractivity contribution < 1.29 is 31.1 Å². The van der Waals surface area contributed by atoms with Crippen LogP contribution in [0.1, 0.15) is 27.0 Å². The number of nitrogens with zero attached hydrogens (tertiary/aromatic N) is 1. The number of amides is 1. The predicted octanol–water partition coefficient (Wildman–Crippen LogP) is 5.36. The van der Waals surface area contributed by atoms with Crippen molar-refractivity contribution in [2.45, 2.75) is 12.6 Å². The fourth-order valence-electron chi connectivity index (χ4n) is 2.73. The van der Waals surface area contributed by atoms with Gasteiger partial charge >= 0.3 is 6.18 Å². The molecule has 1 aromatic heterocycles. The van der Waals surface area contributed by atoms with Crippen molar-refractivity contribution >= 4 is 11.6 Å². The lowest BCUT2D eigenvalue weighted by molar-refractivity contribution is -0.138. The summed E-state index contributed by atoms with van der Waals surface area (Å²) in [5.74, 6) is -4.10. The lowest BCUT2D eigenvalue weighted by Crippen LogP contribution is -2.16. The first-order valence-electron chi connectivity index (χ1n) is 8.20. The number of rotatable bonds is 4. The van der Waals surface area contributed by atoms with Gasteiger partial charge in [-0.25, -0.2) is 13.2 Å². The highest BCUT2D eigenvalue weighted by Crippen LogP contribution is 2.33. The van der Waals surface area contributed by atoms with Crippen LogP contribution in [0.4, 0.5) is 32.0 Å². The lowest BCUT2D eigenvalue weighted by atomic mass is 9.99. The number of hydrogen-bond acceptors (Lipinski definition) is 2. The Morgan fingerprint density at radius 1 is 0.931 bits per heavy atom. The summed E-state index contributed by atoms with van der Waals surface area (Å²) < 4.78 is 79.8. The van der Waals surface area contributed by atoms with Gasteiger partial charge in [-0.05, 0) is 47.9 Å². The third-order valence-corrected chi connectivity index (χ3v) is 4.06. The van der Waals surface area contributed by atoms with Crippen molar-refractivity contribution in [2.75, 3.05) is 5.32 Å². The molecule has 0 aliphatic carbocycles.